The van der Waals surface area contributed by atoms with Crippen LogP contribution in [-0.2, 0) is 0 Å². The lowest BCUT2D eigenvalue weighted by Crippen LogP contribution is -2.43. The molecule has 0 atom stereocenters. The summed E-state index contributed by atoms with van der Waals surface area (Å²) in [6.45, 7) is -1.34. The third-order valence-corrected chi connectivity index (χ3v) is 1.16. The molecule has 0 radical (unpaired) electrons. The average molecular weight is 171 g/mol. The maximum absolute atomic E-state index is 9.77. The van der Waals surface area contributed by atoms with Crippen molar-refractivity contribution < 1.29 is 15.0 Å². The quantitative estimate of drug-likeness (QED) is 0.201. The van der Waals surface area contributed by atoms with Gasteiger partial charge in [-0.05, 0) is 0 Å². The second-order valence-corrected chi connectivity index (χ2v) is 2.00. The highest BCUT2D eigenvalue weighted by Crippen LogP contribution is 2.14. The first-order chi connectivity index (χ1) is 4.45. The molecule has 0 aromatic rings. The molecule has 8 heteroatoms. The van der Waals surface area contributed by atoms with Gasteiger partial charge >= 0.3 is 5.12 Å². The van der Waals surface area contributed by atoms with Crippen molar-refractivity contribution in [3.63, 3.8) is 0 Å². The van der Waals surface area contributed by atoms with Crippen LogP contribution in [0.5, 0.6) is 0 Å². The van der Waals surface area contributed by atoms with Gasteiger partial charge in [-0.2, -0.15) is 0 Å². The molecule has 0 aliphatic carbocycles. The molecule has 7 nitrogen and oxygen atoms in total. The number of aliphatic hydroxyl groups is 1. The van der Waals surface area contributed by atoms with Gasteiger partial charge in [-0.15, -0.1) is 0 Å². The zero-order valence-electron chi connectivity index (χ0n) is 4.56. The largest absolute Gasteiger partial charge is 0.559 e. The van der Waals surface area contributed by atoms with Crippen molar-refractivity contribution in [1.82, 2.24) is 0 Å². The lowest BCUT2D eigenvalue weighted by atomic mass is 10.6. The number of nitrogens with zero attached hydrogens (tertiary/aromatic N) is 2. The van der Waals surface area contributed by atoms with Crippen LogP contribution in [0, 0.1) is 20.2 Å². The highest BCUT2D eigenvalue weighted by molar-refractivity contribution is 6.21. The summed E-state index contributed by atoms with van der Waals surface area (Å²) >= 11 is 4.75. The van der Waals surface area contributed by atoms with Gasteiger partial charge in [0.25, 0.3) is 0 Å². The maximum atomic E-state index is 9.77. The Kier molecular flexibility index (Phi) is 2.49. The Morgan fingerprint density at radius 2 is 1.70 bits per heavy atom. The first kappa shape index (κ1) is 9.05. The van der Waals surface area contributed by atoms with E-state index in [1.54, 1.807) is 0 Å². The van der Waals surface area contributed by atoms with Crippen molar-refractivity contribution in [2.45, 2.75) is 5.12 Å². The van der Waals surface area contributed by atoms with E-state index in [1.807, 2.05) is 0 Å². The minimum atomic E-state index is -2.99. The van der Waals surface area contributed by atoms with Gasteiger partial charge in [0.2, 0.25) is 6.61 Å². The predicted molar refractivity (Wildman–Crippen MR) is 29.7 cm³/mol. The summed E-state index contributed by atoms with van der Waals surface area (Å²) in [5.41, 5.74) is 0. The van der Waals surface area contributed by atoms with E-state index in [4.69, 9.17) is 16.7 Å². The van der Waals surface area contributed by atoms with Gasteiger partial charge in [-0.25, -0.2) is 0 Å². The summed E-state index contributed by atoms with van der Waals surface area (Å²) < 4.78 is 0. The second kappa shape index (κ2) is 2.76. The summed E-state index contributed by atoms with van der Waals surface area (Å²) in [7, 11) is 0. The molecule has 0 unspecified atom stereocenters. The first-order valence-corrected chi connectivity index (χ1v) is 2.41. The Bertz CT molecular complexity index is 155. The smallest absolute Gasteiger partial charge is 0.381 e. The molecular weight excluding hydrogens is 167 g/mol. The summed E-state index contributed by atoms with van der Waals surface area (Å²) in [6.07, 6.45) is 0. The lowest BCUT2D eigenvalue weighted by molar-refractivity contribution is -0.767. The second-order valence-electron chi connectivity index (χ2n) is 1.39. The molecule has 0 aromatic carbocycles. The highest BCUT2D eigenvalue weighted by atomic mass is 35.5. The van der Waals surface area contributed by atoms with Crippen molar-refractivity contribution in [2.24, 2.45) is 0 Å². The molecule has 0 heterocycles. The minimum Gasteiger partial charge on any atom is -0.381 e. The van der Waals surface area contributed by atoms with Crippen LogP contribution in [-0.4, -0.2) is 26.7 Å². The topological polar surface area (TPSA) is 107 Å². The molecule has 1 N–H and O–H groups in total. The Balaban J connectivity index is 4.55. The van der Waals surface area contributed by atoms with Crippen LogP contribution in [0.15, 0.2) is 0 Å². The van der Waals surface area contributed by atoms with Crippen molar-refractivity contribution in [1.29, 1.82) is 0 Å². The number of hydrogen-bond donors (Lipinski definition) is 1. The number of hydrogen-bond acceptors (Lipinski definition) is 5. The van der Waals surface area contributed by atoms with Crippen LogP contribution >= 0.6 is 11.6 Å². The molecule has 58 valence electrons. The summed E-state index contributed by atoms with van der Waals surface area (Å²) in [5.74, 6) is 0. The molecule has 0 aliphatic rings. The van der Waals surface area contributed by atoms with Crippen LogP contribution in [0.25, 0.3) is 0 Å². The summed E-state index contributed by atoms with van der Waals surface area (Å²) in [6, 6.07) is 0. The predicted octanol–water partition coefficient (Wildman–Crippen LogP) is -0.575. The lowest BCUT2D eigenvalue weighted by Gasteiger charge is -2.04. The van der Waals surface area contributed by atoms with Crippen LogP contribution in [0.4, 0.5) is 0 Å². The van der Waals surface area contributed by atoms with Crippen molar-refractivity contribution >= 4 is 11.6 Å². The highest BCUT2D eigenvalue weighted by Gasteiger charge is 2.54. The number of nitro groups is 2. The molecule has 0 bridgehead atoms. The van der Waals surface area contributed by atoms with Crippen molar-refractivity contribution in [3.05, 3.63) is 20.2 Å². The number of rotatable bonds is 3. The molecule has 0 spiro atoms. The SMILES string of the molecule is O=[N+]([O-])C(Cl)(CO)[N+](=O)[O-]. The molecule has 0 rings (SSSR count). The van der Waals surface area contributed by atoms with Gasteiger partial charge in [0.1, 0.15) is 9.85 Å². The van der Waals surface area contributed by atoms with E-state index in [0.717, 1.165) is 0 Å². The third-order valence-electron chi connectivity index (χ3n) is 0.761. The molecule has 0 amide bonds. The Morgan fingerprint density at radius 3 is 1.70 bits per heavy atom. The van der Waals surface area contributed by atoms with Crippen LogP contribution in [0.1, 0.15) is 0 Å². The molecule has 0 saturated heterocycles. The van der Waals surface area contributed by atoms with E-state index in [1.165, 1.54) is 0 Å². The molecule has 0 aromatic heterocycles. The van der Waals surface area contributed by atoms with E-state index in [0.29, 0.717) is 0 Å². The van der Waals surface area contributed by atoms with Crippen LogP contribution in [0.3, 0.4) is 0 Å². The van der Waals surface area contributed by atoms with Gasteiger partial charge < -0.3 is 5.11 Å². The number of aliphatic hydroxyl groups excluding tert-OH is 1. The van der Waals surface area contributed by atoms with Gasteiger partial charge in [-0.1, -0.05) is 0 Å². The molecule has 0 aliphatic heterocycles. The fourth-order valence-electron chi connectivity index (χ4n) is 0.182. The fraction of sp³-hybridized carbons (Fsp3) is 1.00. The average Bonchev–Trinajstić information content (AvgIpc) is 1.85. The minimum absolute atomic E-state index is 1.34. The summed E-state index contributed by atoms with van der Waals surface area (Å²) in [5, 5.41) is 24.7. The van der Waals surface area contributed by atoms with Gasteiger partial charge in [0.15, 0.2) is 0 Å². The van der Waals surface area contributed by atoms with E-state index in [9.17, 15) is 20.2 Å². The Hall–Kier alpha value is -0.950. The fourth-order valence-corrected chi connectivity index (χ4v) is 0.182. The first-order valence-electron chi connectivity index (χ1n) is 2.04. The number of halogens is 1. The zero-order valence-corrected chi connectivity index (χ0v) is 5.32. The van der Waals surface area contributed by atoms with Gasteiger partial charge in [-0.3, -0.25) is 20.2 Å². The van der Waals surface area contributed by atoms with Crippen LogP contribution in [0.2, 0.25) is 0 Å². The Morgan fingerprint density at radius 1 is 1.40 bits per heavy atom. The standard InChI is InChI=1S/C2H3ClN2O5/c3-2(1-6,4(7)8)5(9)10/h6H,1H2. The van der Waals surface area contributed by atoms with E-state index < -0.39 is 21.6 Å². The number of alkyl halides is 1. The van der Waals surface area contributed by atoms with E-state index >= 15 is 0 Å². The third kappa shape index (κ3) is 1.31. The molecular formula is C2H3ClN2O5. The van der Waals surface area contributed by atoms with Gasteiger partial charge in [0.05, 0.1) is 11.6 Å². The molecule has 10 heavy (non-hydrogen) atoms. The Labute approximate surface area is 59.5 Å². The van der Waals surface area contributed by atoms with E-state index in [2.05, 4.69) is 0 Å². The van der Waals surface area contributed by atoms with Crippen LogP contribution < -0.4 is 0 Å². The maximum Gasteiger partial charge on any atom is 0.559 e. The zero-order chi connectivity index (χ0) is 8.36. The molecule has 0 saturated carbocycles. The summed E-state index contributed by atoms with van der Waals surface area (Å²) in [4.78, 5) is 16.8. The normalized spacial score (nSPS) is 11.0. The van der Waals surface area contributed by atoms with Crippen molar-refractivity contribution in [2.75, 3.05) is 6.61 Å². The monoisotopic (exact) mass is 170 g/mol. The van der Waals surface area contributed by atoms with E-state index in [-0.39, 0.29) is 0 Å². The van der Waals surface area contributed by atoms with Crippen molar-refractivity contribution in [3.8, 4) is 0 Å². The van der Waals surface area contributed by atoms with Gasteiger partial charge in [0, 0.05) is 0 Å². The molecule has 0 fully saturated rings.